The number of nitrogens with one attached hydrogen (secondary N) is 1. The van der Waals surface area contributed by atoms with Crippen LogP contribution in [0.5, 0.6) is 0 Å². The van der Waals surface area contributed by atoms with E-state index in [-0.39, 0.29) is 25.0 Å². The Kier molecular flexibility index (Phi) is 6.21. The monoisotopic (exact) mass is 384 g/mol. The van der Waals surface area contributed by atoms with Crippen LogP contribution in [-0.4, -0.2) is 23.4 Å². The van der Waals surface area contributed by atoms with Gasteiger partial charge in [-0.15, -0.1) is 11.8 Å². The summed E-state index contributed by atoms with van der Waals surface area (Å²) in [5.41, 5.74) is 2.22. The summed E-state index contributed by atoms with van der Waals surface area (Å²) in [5, 5.41) is 12.7. The van der Waals surface area contributed by atoms with Gasteiger partial charge < -0.3 is 10.3 Å². The number of carbonyl (C=O) groups is 1. The van der Waals surface area contributed by atoms with Crippen LogP contribution >= 0.6 is 11.8 Å². The lowest BCUT2D eigenvalue weighted by atomic mass is 9.85. The molecule has 4 nitrogen and oxygen atoms in total. The van der Waals surface area contributed by atoms with E-state index in [0.29, 0.717) is 33.1 Å². The number of hydrogen-bond acceptors (Lipinski definition) is 4. The van der Waals surface area contributed by atoms with E-state index in [1.807, 2.05) is 0 Å². The predicted octanol–water partition coefficient (Wildman–Crippen LogP) is 2.87. The van der Waals surface area contributed by atoms with Crippen LogP contribution in [0.15, 0.2) is 65.8 Å². The molecule has 3 rings (SSSR count). The van der Waals surface area contributed by atoms with E-state index >= 15 is 0 Å². The Morgan fingerprint density at radius 2 is 1.81 bits per heavy atom. The van der Waals surface area contributed by atoms with Gasteiger partial charge in [0.05, 0.1) is 10.6 Å². The molecule has 0 saturated heterocycles. The fourth-order valence-corrected chi connectivity index (χ4v) is 3.23. The van der Waals surface area contributed by atoms with Gasteiger partial charge in [0.25, 0.3) is 5.91 Å². The van der Waals surface area contributed by atoms with Gasteiger partial charge in [0.2, 0.25) is 0 Å². The van der Waals surface area contributed by atoms with E-state index in [4.69, 9.17) is 0 Å². The molecular formula is C19H15BF2N2O2S. The van der Waals surface area contributed by atoms with Gasteiger partial charge in [0.15, 0.2) is 0 Å². The van der Waals surface area contributed by atoms with Crippen molar-refractivity contribution < 1.29 is 18.6 Å². The number of thioether (sulfide) groups is 1. The average Bonchev–Trinajstić information content (AvgIpc) is 2.68. The Bertz CT molecular complexity index is 937. The van der Waals surface area contributed by atoms with Crippen molar-refractivity contribution in [3.63, 3.8) is 0 Å². The van der Waals surface area contributed by atoms with Gasteiger partial charge in [-0.25, -0.2) is 13.8 Å². The predicted molar refractivity (Wildman–Crippen MR) is 104 cm³/mol. The minimum absolute atomic E-state index is 0.161. The molecule has 136 valence electrons. The van der Waals surface area contributed by atoms with Crippen LogP contribution in [-0.2, 0) is 5.75 Å². The van der Waals surface area contributed by atoms with Crippen molar-refractivity contribution >= 4 is 36.3 Å². The van der Waals surface area contributed by atoms with E-state index in [1.54, 1.807) is 18.2 Å². The highest BCUT2D eigenvalue weighted by atomic mass is 32.2. The van der Waals surface area contributed by atoms with E-state index in [0.717, 1.165) is 0 Å². The van der Waals surface area contributed by atoms with E-state index in [2.05, 4.69) is 10.3 Å². The number of amides is 1. The highest BCUT2D eigenvalue weighted by Gasteiger charge is 2.09. The number of aromatic nitrogens is 1. The van der Waals surface area contributed by atoms with E-state index in [9.17, 15) is 18.6 Å². The molecule has 0 radical (unpaired) electrons. The Morgan fingerprint density at radius 3 is 2.48 bits per heavy atom. The fourth-order valence-electron chi connectivity index (χ4n) is 2.37. The van der Waals surface area contributed by atoms with Gasteiger partial charge in [0.1, 0.15) is 11.6 Å². The third kappa shape index (κ3) is 5.15. The molecule has 0 atom stereocenters. The Labute approximate surface area is 159 Å². The van der Waals surface area contributed by atoms with E-state index < -0.39 is 0 Å². The number of rotatable bonds is 6. The summed E-state index contributed by atoms with van der Waals surface area (Å²) in [6.45, 7) is 0. The van der Waals surface area contributed by atoms with Crippen molar-refractivity contribution in [1.82, 2.24) is 4.98 Å². The van der Waals surface area contributed by atoms with Gasteiger partial charge in [-0.2, -0.15) is 0 Å². The molecule has 2 aromatic carbocycles. The van der Waals surface area contributed by atoms with Gasteiger partial charge in [-0.1, -0.05) is 6.07 Å². The first-order valence-corrected chi connectivity index (χ1v) is 9.07. The maximum atomic E-state index is 13.4. The number of anilines is 1. The quantitative estimate of drug-likeness (QED) is 0.507. The van der Waals surface area contributed by atoms with Crippen molar-refractivity contribution in [1.29, 1.82) is 0 Å². The molecule has 0 bridgehead atoms. The minimum atomic E-state index is -0.376. The average molecular weight is 384 g/mol. The zero-order chi connectivity index (χ0) is 19.2. The lowest BCUT2D eigenvalue weighted by Crippen LogP contribution is -2.18. The molecule has 3 aromatic rings. The highest BCUT2D eigenvalue weighted by molar-refractivity contribution is 7.98. The summed E-state index contributed by atoms with van der Waals surface area (Å²) in [6, 6.07) is 13.1. The van der Waals surface area contributed by atoms with Crippen LogP contribution in [0.3, 0.4) is 0 Å². The molecule has 1 heterocycles. The largest absolute Gasteiger partial charge is 0.449 e. The number of hydrogen-bond donors (Lipinski definition) is 2. The van der Waals surface area contributed by atoms with Crippen LogP contribution in [0.4, 0.5) is 14.5 Å². The van der Waals surface area contributed by atoms with Crippen LogP contribution in [0.25, 0.3) is 0 Å². The van der Waals surface area contributed by atoms with Crippen LogP contribution in [0.2, 0.25) is 0 Å². The number of benzene rings is 2. The second-order valence-electron chi connectivity index (χ2n) is 5.71. The first-order chi connectivity index (χ1) is 13.0. The lowest BCUT2D eigenvalue weighted by Gasteiger charge is -2.08. The molecule has 0 spiro atoms. The lowest BCUT2D eigenvalue weighted by molar-refractivity contribution is 0.102. The summed E-state index contributed by atoms with van der Waals surface area (Å²) in [4.78, 5) is 16.4. The standard InChI is InChI=1S/C19H15BF2N2O2S/c21-14-2-5-16(6-3-14)24-19(25)12-1-8-18(23-10-12)27-11-13-9-15(22)4-7-17(13)20-26/h1-10,20,26H,11H2,(H,24,25). The Balaban J connectivity index is 1.62. The van der Waals surface area contributed by atoms with Crippen molar-refractivity contribution in [3.8, 4) is 0 Å². The maximum Gasteiger partial charge on any atom is 0.305 e. The van der Waals surface area contributed by atoms with Crippen LogP contribution in [0, 0.1) is 11.6 Å². The summed E-state index contributed by atoms with van der Waals surface area (Å²) < 4.78 is 26.3. The molecule has 0 aliphatic heterocycles. The number of pyridine rings is 1. The molecule has 0 aliphatic rings. The molecule has 2 N–H and O–H groups in total. The zero-order valence-corrected chi connectivity index (χ0v) is 15.0. The van der Waals surface area contributed by atoms with Gasteiger partial charge >= 0.3 is 7.48 Å². The Morgan fingerprint density at radius 1 is 1.07 bits per heavy atom. The van der Waals surface area contributed by atoms with Crippen molar-refractivity contribution in [2.45, 2.75) is 10.8 Å². The van der Waals surface area contributed by atoms with Gasteiger partial charge in [0, 0.05) is 17.6 Å². The molecule has 0 unspecified atom stereocenters. The molecule has 0 saturated carbocycles. The minimum Gasteiger partial charge on any atom is -0.449 e. The molecule has 27 heavy (non-hydrogen) atoms. The van der Waals surface area contributed by atoms with Crippen molar-refractivity contribution in [2.24, 2.45) is 0 Å². The van der Waals surface area contributed by atoms with Gasteiger partial charge in [-0.3, -0.25) is 4.79 Å². The van der Waals surface area contributed by atoms with Crippen molar-refractivity contribution in [3.05, 3.63) is 83.6 Å². The summed E-state index contributed by atoms with van der Waals surface area (Å²) in [7, 11) is -0.161. The van der Waals surface area contributed by atoms with Crippen LogP contribution < -0.4 is 10.8 Å². The third-order valence-corrected chi connectivity index (χ3v) is 4.81. The highest BCUT2D eigenvalue weighted by Crippen LogP contribution is 2.21. The molecule has 0 fully saturated rings. The first-order valence-electron chi connectivity index (χ1n) is 8.09. The van der Waals surface area contributed by atoms with Gasteiger partial charge in [-0.05, 0) is 59.6 Å². The molecular weight excluding hydrogens is 369 g/mol. The van der Waals surface area contributed by atoms with E-state index in [1.165, 1.54) is 54.4 Å². The first kappa shape index (κ1) is 19.1. The summed E-state index contributed by atoms with van der Waals surface area (Å²) in [6.07, 6.45) is 1.44. The normalized spacial score (nSPS) is 10.5. The molecule has 0 aliphatic carbocycles. The smallest absolute Gasteiger partial charge is 0.305 e. The second-order valence-corrected chi connectivity index (χ2v) is 6.70. The van der Waals surface area contributed by atoms with Crippen LogP contribution in [0.1, 0.15) is 15.9 Å². The maximum absolute atomic E-state index is 13.4. The summed E-state index contributed by atoms with van der Waals surface area (Å²) in [5.74, 6) is -0.637. The van der Waals surface area contributed by atoms with Crippen molar-refractivity contribution in [2.75, 3.05) is 5.32 Å². The molecule has 1 amide bonds. The fraction of sp³-hybridized carbons (Fsp3) is 0.0526. The number of nitrogens with zero attached hydrogens (tertiary/aromatic N) is 1. The number of halogens is 2. The topological polar surface area (TPSA) is 62.2 Å². The Hall–Kier alpha value is -2.71. The second kappa shape index (κ2) is 8.79. The zero-order valence-electron chi connectivity index (χ0n) is 14.2. The number of carbonyl (C=O) groups excluding carboxylic acids is 1. The molecule has 1 aromatic heterocycles. The summed E-state index contributed by atoms with van der Waals surface area (Å²) >= 11 is 1.38. The SMILES string of the molecule is O=C(Nc1ccc(F)cc1)c1ccc(SCc2cc(F)ccc2BO)nc1. The molecule has 8 heteroatoms. The third-order valence-electron chi connectivity index (χ3n) is 3.81.